The third-order valence-electron chi connectivity index (χ3n) is 6.70. The fourth-order valence-corrected chi connectivity index (χ4v) is 4.92. The van der Waals surface area contributed by atoms with E-state index in [0.29, 0.717) is 25.9 Å². The Kier molecular flexibility index (Phi) is 9.78. The van der Waals surface area contributed by atoms with Crippen molar-refractivity contribution in [1.29, 1.82) is 0 Å². The Morgan fingerprint density at radius 3 is 2.39 bits per heavy atom. The molecule has 1 aliphatic rings. The van der Waals surface area contributed by atoms with E-state index in [9.17, 15) is 19.5 Å². The minimum Gasteiger partial charge on any atom is -0.508 e. The van der Waals surface area contributed by atoms with E-state index in [1.54, 1.807) is 37.8 Å². The number of phenolic OH excluding ortho intramolecular Hbond substituents is 1. The van der Waals surface area contributed by atoms with Crippen LogP contribution in [0.4, 0.5) is 4.79 Å². The first-order chi connectivity index (χ1) is 17.9. The molecule has 8 heteroatoms. The van der Waals surface area contributed by atoms with Crippen LogP contribution in [0.2, 0.25) is 0 Å². The molecule has 2 aromatic carbocycles. The summed E-state index contributed by atoms with van der Waals surface area (Å²) in [6.07, 6.45) is 2.49. The maximum atomic E-state index is 13.8. The molecule has 0 spiro atoms. The molecule has 3 rings (SSSR count). The van der Waals surface area contributed by atoms with Crippen molar-refractivity contribution < 1.29 is 24.2 Å². The van der Waals surface area contributed by atoms with Crippen LogP contribution in [-0.4, -0.2) is 58.7 Å². The summed E-state index contributed by atoms with van der Waals surface area (Å²) in [4.78, 5) is 41.1. The molecule has 1 fully saturated rings. The van der Waals surface area contributed by atoms with E-state index < -0.39 is 23.8 Å². The number of hydrogen-bond donors (Lipinski definition) is 3. The standard InChI is InChI=1S/C30H41N3O5/c1-20-17-23(34)18-21(2)24(20)19-25(32-29(37)38-30(3,4)5)28(36)33-16-10-14-26(33)27(35)31-15-9-13-22-11-7-6-8-12-22/h6-8,11-12,17-18,25-26,34H,9-10,13-16,19H2,1-5H3,(H,31,35)(H,32,37)/t25-,26-/m1/s1. The van der Waals surface area contributed by atoms with Gasteiger partial charge in [-0.25, -0.2) is 4.79 Å². The first-order valence-electron chi connectivity index (χ1n) is 13.4. The number of aromatic hydroxyl groups is 1. The highest BCUT2D eigenvalue weighted by Gasteiger charge is 2.38. The lowest BCUT2D eigenvalue weighted by molar-refractivity contribution is -0.140. The lowest BCUT2D eigenvalue weighted by Gasteiger charge is -2.30. The molecule has 8 nitrogen and oxygen atoms in total. The number of hydrogen-bond acceptors (Lipinski definition) is 5. The van der Waals surface area contributed by atoms with Crippen LogP contribution >= 0.6 is 0 Å². The maximum Gasteiger partial charge on any atom is 0.408 e. The van der Waals surface area contributed by atoms with Crippen LogP contribution < -0.4 is 10.6 Å². The van der Waals surface area contributed by atoms with Gasteiger partial charge in [-0.2, -0.15) is 0 Å². The van der Waals surface area contributed by atoms with E-state index in [1.807, 2.05) is 32.0 Å². The maximum absolute atomic E-state index is 13.8. The summed E-state index contributed by atoms with van der Waals surface area (Å²) in [5.74, 6) is -0.336. The average Bonchev–Trinajstić information content (AvgIpc) is 3.32. The molecular formula is C30H41N3O5. The fraction of sp³-hybridized carbons (Fsp3) is 0.500. The molecule has 3 amide bonds. The van der Waals surface area contributed by atoms with Gasteiger partial charge in [0.1, 0.15) is 23.4 Å². The molecule has 0 radical (unpaired) electrons. The number of carbonyl (C=O) groups is 3. The molecule has 1 saturated heterocycles. The number of ether oxygens (including phenoxy) is 1. The Balaban J connectivity index is 1.71. The second-order valence-electron chi connectivity index (χ2n) is 11.0. The molecule has 38 heavy (non-hydrogen) atoms. The van der Waals surface area contributed by atoms with E-state index >= 15 is 0 Å². The zero-order valence-corrected chi connectivity index (χ0v) is 23.2. The number of phenols is 1. The summed E-state index contributed by atoms with van der Waals surface area (Å²) >= 11 is 0. The Hall–Kier alpha value is -3.55. The lowest BCUT2D eigenvalue weighted by Crippen LogP contribution is -2.54. The Bertz CT molecular complexity index is 1100. The van der Waals surface area contributed by atoms with Gasteiger partial charge in [-0.1, -0.05) is 30.3 Å². The normalized spacial score (nSPS) is 16.1. The molecule has 0 bridgehead atoms. The fourth-order valence-electron chi connectivity index (χ4n) is 4.92. The van der Waals surface area contributed by atoms with Crippen LogP contribution in [0.25, 0.3) is 0 Å². The molecule has 1 aliphatic heterocycles. The molecular weight excluding hydrogens is 482 g/mol. The number of alkyl carbamates (subject to hydrolysis) is 1. The Morgan fingerprint density at radius 2 is 1.76 bits per heavy atom. The predicted molar refractivity (Wildman–Crippen MR) is 147 cm³/mol. The zero-order valence-electron chi connectivity index (χ0n) is 23.2. The van der Waals surface area contributed by atoms with E-state index in [1.165, 1.54) is 5.56 Å². The van der Waals surface area contributed by atoms with E-state index in [-0.39, 0.29) is 24.0 Å². The van der Waals surface area contributed by atoms with Crippen LogP contribution in [0.15, 0.2) is 42.5 Å². The molecule has 3 N–H and O–H groups in total. The number of likely N-dealkylation sites (tertiary alicyclic amines) is 1. The number of carbonyl (C=O) groups excluding carboxylic acids is 3. The Morgan fingerprint density at radius 1 is 1.11 bits per heavy atom. The number of amides is 3. The SMILES string of the molecule is Cc1cc(O)cc(C)c1C[C@@H](NC(=O)OC(C)(C)C)C(=O)N1CCC[C@@H]1C(=O)NCCCc1ccccc1. The van der Waals surface area contributed by atoms with Gasteiger partial charge in [0.15, 0.2) is 0 Å². The predicted octanol–water partition coefficient (Wildman–Crippen LogP) is 4.18. The molecule has 0 aliphatic carbocycles. The van der Waals surface area contributed by atoms with Gasteiger partial charge in [0.25, 0.3) is 0 Å². The summed E-state index contributed by atoms with van der Waals surface area (Å²) < 4.78 is 5.43. The summed E-state index contributed by atoms with van der Waals surface area (Å²) in [6.45, 7) is 9.97. The molecule has 0 saturated carbocycles. The third-order valence-corrected chi connectivity index (χ3v) is 6.70. The Labute approximate surface area is 225 Å². The van der Waals surface area contributed by atoms with Gasteiger partial charge >= 0.3 is 6.09 Å². The van der Waals surface area contributed by atoms with Gasteiger partial charge in [0.2, 0.25) is 11.8 Å². The van der Waals surface area contributed by atoms with Crippen molar-refractivity contribution in [2.45, 2.75) is 84.4 Å². The minimum atomic E-state index is -0.918. The largest absolute Gasteiger partial charge is 0.508 e. The van der Waals surface area contributed by atoms with Crippen molar-refractivity contribution in [1.82, 2.24) is 15.5 Å². The van der Waals surface area contributed by atoms with Gasteiger partial charge in [0, 0.05) is 19.5 Å². The van der Waals surface area contributed by atoms with Crippen molar-refractivity contribution in [3.05, 3.63) is 64.7 Å². The van der Waals surface area contributed by atoms with Gasteiger partial charge in [-0.15, -0.1) is 0 Å². The number of nitrogens with one attached hydrogen (secondary N) is 2. The van der Waals surface area contributed by atoms with Gasteiger partial charge in [0.05, 0.1) is 0 Å². The highest BCUT2D eigenvalue weighted by atomic mass is 16.6. The second kappa shape index (κ2) is 12.8. The smallest absolute Gasteiger partial charge is 0.408 e. The van der Waals surface area contributed by atoms with Gasteiger partial charge < -0.3 is 25.4 Å². The number of rotatable bonds is 9. The van der Waals surface area contributed by atoms with E-state index in [4.69, 9.17) is 4.74 Å². The van der Waals surface area contributed by atoms with Crippen molar-refractivity contribution >= 4 is 17.9 Å². The van der Waals surface area contributed by atoms with Crippen molar-refractivity contribution in [2.75, 3.05) is 13.1 Å². The highest BCUT2D eigenvalue weighted by molar-refractivity contribution is 5.92. The first-order valence-corrected chi connectivity index (χ1v) is 13.4. The van der Waals surface area contributed by atoms with Crippen LogP contribution in [-0.2, 0) is 27.2 Å². The topological polar surface area (TPSA) is 108 Å². The molecule has 1 heterocycles. The van der Waals surface area contributed by atoms with E-state index in [0.717, 1.165) is 29.5 Å². The van der Waals surface area contributed by atoms with E-state index in [2.05, 4.69) is 22.8 Å². The number of aryl methyl sites for hydroxylation is 3. The van der Waals surface area contributed by atoms with Crippen LogP contribution in [0, 0.1) is 13.8 Å². The summed E-state index contributed by atoms with van der Waals surface area (Å²) in [5.41, 5.74) is 2.99. The van der Waals surface area contributed by atoms with Crippen molar-refractivity contribution in [2.24, 2.45) is 0 Å². The molecule has 206 valence electrons. The lowest BCUT2D eigenvalue weighted by atomic mass is 9.95. The monoisotopic (exact) mass is 523 g/mol. The zero-order chi connectivity index (χ0) is 27.9. The highest BCUT2D eigenvalue weighted by Crippen LogP contribution is 2.25. The molecule has 2 aromatic rings. The quantitative estimate of drug-likeness (QED) is 0.427. The first kappa shape index (κ1) is 29.0. The minimum absolute atomic E-state index is 0.148. The van der Waals surface area contributed by atoms with Crippen molar-refractivity contribution in [3.63, 3.8) is 0 Å². The summed E-state index contributed by atoms with van der Waals surface area (Å²) in [7, 11) is 0. The van der Waals surface area contributed by atoms with Gasteiger partial charge in [-0.05, 0) is 94.7 Å². The summed E-state index contributed by atoms with van der Waals surface area (Å²) in [6, 6.07) is 11.9. The van der Waals surface area contributed by atoms with Crippen LogP contribution in [0.1, 0.15) is 62.3 Å². The third kappa shape index (κ3) is 8.23. The second-order valence-corrected chi connectivity index (χ2v) is 11.0. The van der Waals surface area contributed by atoms with Gasteiger partial charge in [-0.3, -0.25) is 9.59 Å². The summed E-state index contributed by atoms with van der Waals surface area (Å²) in [5, 5.41) is 15.7. The molecule has 0 aromatic heterocycles. The van der Waals surface area contributed by atoms with Crippen LogP contribution in [0.5, 0.6) is 5.75 Å². The number of nitrogens with zero attached hydrogens (tertiary/aromatic N) is 1. The molecule has 2 atom stereocenters. The van der Waals surface area contributed by atoms with Crippen molar-refractivity contribution in [3.8, 4) is 5.75 Å². The average molecular weight is 524 g/mol. The van der Waals surface area contributed by atoms with Crippen LogP contribution in [0.3, 0.4) is 0 Å². The molecule has 0 unspecified atom stereocenters. The number of benzene rings is 2.